The number of aromatic nitrogens is 4. The van der Waals surface area contributed by atoms with Crippen molar-refractivity contribution >= 4 is 32.6 Å². The van der Waals surface area contributed by atoms with Crippen LogP contribution in [0, 0.1) is 0 Å². The lowest BCUT2D eigenvalue weighted by atomic mass is 10.0. The molecule has 0 saturated heterocycles. The Labute approximate surface area is 235 Å². The average Bonchev–Trinajstić information content (AvgIpc) is 3.50. The standard InChI is InChI=1S/C36H22N4O/c1-3-10-24(11-4-1)33-38-34(28-16-15-23-9-7-8-14-26(23)21-28)40-35(39-33)29-17-19-30-27(22-29)18-20-31-32(30)41-36(37-31)25-12-5-2-6-13-25/h1-22H. The maximum Gasteiger partial charge on any atom is 0.227 e. The SMILES string of the molecule is c1ccc(-c2nc(-c3ccc4ccccc4c3)nc(-c3ccc4c(ccc5nc(-c6ccccc6)oc54)c3)n2)cc1. The van der Waals surface area contributed by atoms with Gasteiger partial charge in [-0.25, -0.2) is 19.9 Å². The number of hydrogen-bond acceptors (Lipinski definition) is 5. The van der Waals surface area contributed by atoms with Crippen molar-refractivity contribution in [3.63, 3.8) is 0 Å². The van der Waals surface area contributed by atoms with Crippen molar-refractivity contribution in [1.82, 2.24) is 19.9 Å². The van der Waals surface area contributed by atoms with E-state index in [1.54, 1.807) is 0 Å². The van der Waals surface area contributed by atoms with Gasteiger partial charge in [-0.15, -0.1) is 0 Å². The Kier molecular flexibility index (Phi) is 5.38. The summed E-state index contributed by atoms with van der Waals surface area (Å²) in [5.74, 6) is 2.50. The van der Waals surface area contributed by atoms with Gasteiger partial charge in [0.2, 0.25) is 5.89 Å². The summed E-state index contributed by atoms with van der Waals surface area (Å²) in [6.07, 6.45) is 0. The second-order valence-corrected chi connectivity index (χ2v) is 9.97. The van der Waals surface area contributed by atoms with E-state index >= 15 is 0 Å². The van der Waals surface area contributed by atoms with Crippen molar-refractivity contribution in [3.05, 3.63) is 133 Å². The van der Waals surface area contributed by atoms with E-state index in [1.165, 1.54) is 5.39 Å². The van der Waals surface area contributed by atoms with Crippen LogP contribution in [-0.2, 0) is 0 Å². The summed E-state index contributed by atoms with van der Waals surface area (Å²) in [4.78, 5) is 19.5. The van der Waals surface area contributed by atoms with Crippen LogP contribution >= 0.6 is 0 Å². The maximum absolute atomic E-state index is 6.25. The van der Waals surface area contributed by atoms with Gasteiger partial charge in [0.05, 0.1) is 0 Å². The van der Waals surface area contributed by atoms with Gasteiger partial charge < -0.3 is 4.42 Å². The predicted octanol–water partition coefficient (Wildman–Crippen LogP) is 8.99. The minimum Gasteiger partial charge on any atom is -0.435 e. The molecule has 6 aromatic carbocycles. The monoisotopic (exact) mass is 526 g/mol. The first-order valence-corrected chi connectivity index (χ1v) is 13.5. The molecule has 0 radical (unpaired) electrons. The van der Waals surface area contributed by atoms with E-state index in [2.05, 4.69) is 48.5 Å². The minimum atomic E-state index is 0.613. The van der Waals surface area contributed by atoms with E-state index in [-0.39, 0.29) is 0 Å². The van der Waals surface area contributed by atoms with Crippen LogP contribution in [0.2, 0.25) is 0 Å². The number of rotatable bonds is 4. The highest BCUT2D eigenvalue weighted by molar-refractivity contribution is 6.04. The number of benzene rings is 6. The predicted molar refractivity (Wildman–Crippen MR) is 164 cm³/mol. The lowest BCUT2D eigenvalue weighted by molar-refractivity contribution is 0.623. The molecule has 8 aromatic rings. The summed E-state index contributed by atoms with van der Waals surface area (Å²) in [5.41, 5.74) is 5.34. The fourth-order valence-corrected chi connectivity index (χ4v) is 5.24. The minimum absolute atomic E-state index is 0.613. The van der Waals surface area contributed by atoms with E-state index < -0.39 is 0 Å². The van der Waals surface area contributed by atoms with E-state index in [0.29, 0.717) is 23.4 Å². The molecule has 41 heavy (non-hydrogen) atoms. The van der Waals surface area contributed by atoms with E-state index in [9.17, 15) is 0 Å². The van der Waals surface area contributed by atoms with Crippen LogP contribution in [0.1, 0.15) is 0 Å². The Balaban J connectivity index is 1.28. The maximum atomic E-state index is 6.25. The second-order valence-electron chi connectivity index (χ2n) is 9.97. The highest BCUT2D eigenvalue weighted by Crippen LogP contribution is 2.33. The normalized spacial score (nSPS) is 11.4. The van der Waals surface area contributed by atoms with Crippen molar-refractivity contribution in [2.24, 2.45) is 0 Å². The molecule has 0 unspecified atom stereocenters. The molecule has 0 amide bonds. The molecule has 2 aromatic heterocycles. The third kappa shape index (κ3) is 4.21. The Hall–Kier alpha value is -5.68. The van der Waals surface area contributed by atoms with Crippen LogP contribution in [0.5, 0.6) is 0 Å². The molecule has 0 saturated carbocycles. The van der Waals surface area contributed by atoms with Crippen molar-refractivity contribution in [3.8, 4) is 45.6 Å². The molecule has 0 spiro atoms. The van der Waals surface area contributed by atoms with Crippen LogP contribution in [0.25, 0.3) is 78.3 Å². The van der Waals surface area contributed by atoms with E-state index in [4.69, 9.17) is 24.4 Å². The van der Waals surface area contributed by atoms with Crippen molar-refractivity contribution in [2.45, 2.75) is 0 Å². The number of fused-ring (bicyclic) bond motifs is 4. The molecule has 2 heterocycles. The quantitative estimate of drug-likeness (QED) is 0.229. The largest absolute Gasteiger partial charge is 0.435 e. The Morgan fingerprint density at radius 2 is 0.951 bits per heavy atom. The van der Waals surface area contributed by atoms with Gasteiger partial charge in [-0.2, -0.15) is 0 Å². The Morgan fingerprint density at radius 3 is 1.68 bits per heavy atom. The zero-order valence-electron chi connectivity index (χ0n) is 21.9. The van der Waals surface area contributed by atoms with Crippen LogP contribution in [0.3, 0.4) is 0 Å². The third-order valence-corrected chi connectivity index (χ3v) is 7.32. The van der Waals surface area contributed by atoms with E-state index in [1.807, 2.05) is 84.9 Å². The van der Waals surface area contributed by atoms with Gasteiger partial charge in [-0.05, 0) is 52.6 Å². The van der Waals surface area contributed by atoms with Crippen molar-refractivity contribution in [2.75, 3.05) is 0 Å². The molecule has 0 aliphatic carbocycles. The Bertz CT molecular complexity index is 2210. The molecule has 8 rings (SSSR count). The first-order valence-electron chi connectivity index (χ1n) is 13.5. The van der Waals surface area contributed by atoms with Crippen LogP contribution < -0.4 is 0 Å². The summed E-state index contributed by atoms with van der Waals surface area (Å²) in [6, 6.07) is 44.9. The molecule has 0 aliphatic heterocycles. The number of oxazole rings is 1. The number of hydrogen-bond donors (Lipinski definition) is 0. The Morgan fingerprint density at radius 1 is 0.390 bits per heavy atom. The van der Waals surface area contributed by atoms with Gasteiger partial charge >= 0.3 is 0 Å². The highest BCUT2D eigenvalue weighted by Gasteiger charge is 2.15. The number of nitrogens with zero attached hydrogens (tertiary/aromatic N) is 4. The van der Waals surface area contributed by atoms with Gasteiger partial charge in [0.1, 0.15) is 5.52 Å². The van der Waals surface area contributed by atoms with E-state index in [0.717, 1.165) is 49.5 Å². The van der Waals surface area contributed by atoms with Gasteiger partial charge in [-0.3, -0.25) is 0 Å². The van der Waals surface area contributed by atoms with Crippen LogP contribution in [-0.4, -0.2) is 19.9 Å². The molecule has 0 atom stereocenters. The van der Waals surface area contributed by atoms with Crippen molar-refractivity contribution < 1.29 is 4.42 Å². The second kappa shape index (κ2) is 9.50. The topological polar surface area (TPSA) is 64.7 Å². The fraction of sp³-hybridized carbons (Fsp3) is 0. The molecule has 5 heteroatoms. The van der Waals surface area contributed by atoms with Gasteiger partial charge in [-0.1, -0.05) is 97.1 Å². The lowest BCUT2D eigenvalue weighted by Crippen LogP contribution is -2.00. The highest BCUT2D eigenvalue weighted by atomic mass is 16.3. The molecule has 0 fully saturated rings. The summed E-state index contributed by atoms with van der Waals surface area (Å²) >= 11 is 0. The third-order valence-electron chi connectivity index (χ3n) is 7.32. The summed E-state index contributed by atoms with van der Waals surface area (Å²) in [6.45, 7) is 0. The lowest BCUT2D eigenvalue weighted by Gasteiger charge is -2.10. The summed E-state index contributed by atoms with van der Waals surface area (Å²) < 4.78 is 6.25. The molecule has 0 aliphatic rings. The fourth-order valence-electron chi connectivity index (χ4n) is 5.24. The van der Waals surface area contributed by atoms with Crippen LogP contribution in [0.4, 0.5) is 0 Å². The van der Waals surface area contributed by atoms with Crippen LogP contribution in [0.15, 0.2) is 138 Å². The average molecular weight is 527 g/mol. The smallest absolute Gasteiger partial charge is 0.227 e. The summed E-state index contributed by atoms with van der Waals surface area (Å²) in [5, 5.41) is 4.34. The van der Waals surface area contributed by atoms with Gasteiger partial charge in [0, 0.05) is 27.6 Å². The molecule has 0 N–H and O–H groups in total. The molecular weight excluding hydrogens is 504 g/mol. The van der Waals surface area contributed by atoms with Crippen molar-refractivity contribution in [1.29, 1.82) is 0 Å². The molecule has 0 bridgehead atoms. The molecule has 5 nitrogen and oxygen atoms in total. The molecular formula is C36H22N4O. The van der Waals surface area contributed by atoms with Gasteiger partial charge in [0.25, 0.3) is 0 Å². The summed E-state index contributed by atoms with van der Waals surface area (Å²) in [7, 11) is 0. The zero-order chi connectivity index (χ0) is 27.2. The first kappa shape index (κ1) is 23.2. The van der Waals surface area contributed by atoms with Gasteiger partial charge in [0.15, 0.2) is 23.1 Å². The zero-order valence-corrected chi connectivity index (χ0v) is 21.9. The first-order chi connectivity index (χ1) is 20.3. The molecule has 192 valence electrons.